The van der Waals surface area contributed by atoms with E-state index in [0.29, 0.717) is 19.5 Å². The Bertz CT molecular complexity index is 341. The number of nitrogens with zero attached hydrogens (tertiary/aromatic N) is 2. The van der Waals surface area contributed by atoms with E-state index in [4.69, 9.17) is 0 Å². The molecule has 5 heteroatoms. The van der Waals surface area contributed by atoms with Crippen molar-refractivity contribution in [2.75, 3.05) is 20.1 Å². The summed E-state index contributed by atoms with van der Waals surface area (Å²) in [5, 5.41) is 9.22. The van der Waals surface area contributed by atoms with E-state index >= 15 is 0 Å². The Morgan fingerprint density at radius 3 is 2.61 bits per heavy atom. The Labute approximate surface area is 108 Å². The van der Waals surface area contributed by atoms with E-state index in [0.717, 1.165) is 24.8 Å². The van der Waals surface area contributed by atoms with Crippen LogP contribution in [0.3, 0.4) is 0 Å². The smallest absolute Gasteiger partial charge is 0.326 e. The van der Waals surface area contributed by atoms with Gasteiger partial charge in [0.1, 0.15) is 6.04 Å². The fraction of sp³-hybridized carbons (Fsp3) is 0.692. The van der Waals surface area contributed by atoms with Gasteiger partial charge < -0.3 is 14.9 Å². The second kappa shape index (κ2) is 6.42. The van der Waals surface area contributed by atoms with E-state index in [1.165, 1.54) is 9.80 Å². The summed E-state index contributed by atoms with van der Waals surface area (Å²) in [6.07, 6.45) is 3.27. The zero-order valence-corrected chi connectivity index (χ0v) is 11.2. The molecule has 0 bridgehead atoms. The second-order valence-corrected chi connectivity index (χ2v) is 4.99. The van der Waals surface area contributed by atoms with Gasteiger partial charge in [0.25, 0.3) is 0 Å². The van der Waals surface area contributed by atoms with Gasteiger partial charge in [-0.1, -0.05) is 25.0 Å². The minimum Gasteiger partial charge on any atom is -0.480 e. The third kappa shape index (κ3) is 3.75. The molecule has 18 heavy (non-hydrogen) atoms. The Morgan fingerprint density at radius 2 is 2.06 bits per heavy atom. The fourth-order valence-corrected chi connectivity index (χ4v) is 2.29. The van der Waals surface area contributed by atoms with E-state index in [2.05, 4.69) is 6.58 Å². The maximum absolute atomic E-state index is 12.2. The number of carboxylic acid groups (broad SMARTS) is 1. The summed E-state index contributed by atoms with van der Waals surface area (Å²) in [5.74, 6) is -0.908. The summed E-state index contributed by atoms with van der Waals surface area (Å²) in [6.45, 7) is 6.60. The summed E-state index contributed by atoms with van der Waals surface area (Å²) in [4.78, 5) is 26.5. The first-order valence-electron chi connectivity index (χ1n) is 6.32. The second-order valence-electron chi connectivity index (χ2n) is 4.99. The van der Waals surface area contributed by atoms with Crippen LogP contribution in [-0.4, -0.2) is 53.1 Å². The molecule has 0 aromatic rings. The van der Waals surface area contributed by atoms with Crippen molar-refractivity contribution in [1.29, 1.82) is 0 Å². The molecule has 5 nitrogen and oxygen atoms in total. The molecule has 1 aliphatic rings. The highest BCUT2D eigenvalue weighted by Gasteiger charge is 2.32. The summed E-state index contributed by atoms with van der Waals surface area (Å²) >= 11 is 0. The Morgan fingerprint density at radius 1 is 1.39 bits per heavy atom. The maximum atomic E-state index is 12.2. The van der Waals surface area contributed by atoms with Crippen molar-refractivity contribution in [1.82, 2.24) is 9.80 Å². The number of likely N-dealkylation sites (N-methyl/N-ethyl adjacent to an activating group) is 1. The Balaban J connectivity index is 2.78. The predicted octanol–water partition coefficient (Wildman–Crippen LogP) is 1.94. The SMILES string of the molecule is C=C(C)CN(C)C(=O)N1CCCCCC1C(=O)O. The molecule has 1 atom stereocenters. The van der Waals surface area contributed by atoms with E-state index in [1.807, 2.05) is 6.92 Å². The molecule has 1 aliphatic heterocycles. The van der Waals surface area contributed by atoms with Crippen molar-refractivity contribution in [2.24, 2.45) is 0 Å². The number of likely N-dealkylation sites (tertiary alicyclic amines) is 1. The summed E-state index contributed by atoms with van der Waals surface area (Å²) in [5.41, 5.74) is 0.882. The van der Waals surface area contributed by atoms with E-state index < -0.39 is 12.0 Å². The predicted molar refractivity (Wildman–Crippen MR) is 69.4 cm³/mol. The molecule has 0 aromatic heterocycles. The molecule has 2 amide bonds. The Kier molecular flexibility index (Phi) is 5.19. The van der Waals surface area contributed by atoms with Gasteiger partial charge in [-0.3, -0.25) is 0 Å². The van der Waals surface area contributed by atoms with Crippen LogP contribution in [-0.2, 0) is 4.79 Å². The Hall–Kier alpha value is -1.52. The highest BCUT2D eigenvalue weighted by Crippen LogP contribution is 2.18. The van der Waals surface area contributed by atoms with Gasteiger partial charge in [-0.05, 0) is 19.8 Å². The summed E-state index contributed by atoms with van der Waals surface area (Å²) in [7, 11) is 1.68. The molecule has 1 saturated heterocycles. The molecule has 1 unspecified atom stereocenters. The van der Waals surface area contributed by atoms with Crippen molar-refractivity contribution in [3.8, 4) is 0 Å². The summed E-state index contributed by atoms with van der Waals surface area (Å²) < 4.78 is 0. The van der Waals surface area contributed by atoms with Gasteiger partial charge in [0.05, 0.1) is 0 Å². The van der Waals surface area contributed by atoms with Gasteiger partial charge in [0.15, 0.2) is 0 Å². The first-order chi connectivity index (χ1) is 8.43. The highest BCUT2D eigenvalue weighted by atomic mass is 16.4. The van der Waals surface area contributed by atoms with Crippen LogP contribution in [0.4, 0.5) is 4.79 Å². The number of hydrogen-bond donors (Lipinski definition) is 1. The highest BCUT2D eigenvalue weighted by molar-refractivity contribution is 5.82. The molecular weight excluding hydrogens is 232 g/mol. The van der Waals surface area contributed by atoms with E-state index in [1.54, 1.807) is 7.05 Å². The fourth-order valence-electron chi connectivity index (χ4n) is 2.29. The maximum Gasteiger partial charge on any atom is 0.326 e. The average Bonchev–Trinajstić information content (AvgIpc) is 2.52. The van der Waals surface area contributed by atoms with Crippen LogP contribution in [0.1, 0.15) is 32.6 Å². The van der Waals surface area contributed by atoms with Crippen LogP contribution in [0.5, 0.6) is 0 Å². The zero-order chi connectivity index (χ0) is 13.7. The molecular formula is C13H22N2O3. The number of rotatable bonds is 3. The average molecular weight is 254 g/mol. The van der Waals surface area contributed by atoms with Gasteiger partial charge in [0.2, 0.25) is 0 Å². The van der Waals surface area contributed by atoms with Crippen LogP contribution >= 0.6 is 0 Å². The third-order valence-corrected chi connectivity index (χ3v) is 3.12. The van der Waals surface area contributed by atoms with Crippen LogP contribution in [0.2, 0.25) is 0 Å². The number of amides is 2. The van der Waals surface area contributed by atoms with Gasteiger partial charge in [-0.25, -0.2) is 9.59 Å². The first kappa shape index (κ1) is 14.5. The largest absolute Gasteiger partial charge is 0.480 e. The van der Waals surface area contributed by atoms with Crippen molar-refractivity contribution in [3.63, 3.8) is 0 Å². The molecule has 1 fully saturated rings. The minimum atomic E-state index is -0.908. The van der Waals surface area contributed by atoms with Crippen molar-refractivity contribution < 1.29 is 14.7 Å². The molecule has 1 rings (SSSR count). The number of carboxylic acids is 1. The molecule has 0 saturated carbocycles. The number of aliphatic carboxylic acids is 1. The molecule has 0 aromatic carbocycles. The van der Waals surface area contributed by atoms with Crippen molar-refractivity contribution >= 4 is 12.0 Å². The lowest BCUT2D eigenvalue weighted by molar-refractivity contribution is -0.142. The van der Waals surface area contributed by atoms with Gasteiger partial charge in [0, 0.05) is 20.1 Å². The molecule has 1 heterocycles. The lowest BCUT2D eigenvalue weighted by Gasteiger charge is -2.31. The quantitative estimate of drug-likeness (QED) is 0.783. The number of carbonyl (C=O) groups excluding carboxylic acids is 1. The van der Waals surface area contributed by atoms with E-state index in [-0.39, 0.29) is 6.03 Å². The van der Waals surface area contributed by atoms with E-state index in [9.17, 15) is 14.7 Å². The lowest BCUT2D eigenvalue weighted by Crippen LogP contribution is -2.50. The third-order valence-electron chi connectivity index (χ3n) is 3.12. The summed E-state index contributed by atoms with van der Waals surface area (Å²) in [6, 6.07) is -0.903. The van der Waals surface area contributed by atoms with Crippen LogP contribution in [0.15, 0.2) is 12.2 Å². The molecule has 0 radical (unpaired) electrons. The number of hydrogen-bond acceptors (Lipinski definition) is 2. The standard InChI is InChI=1S/C13H22N2O3/c1-10(2)9-14(3)13(18)15-8-6-4-5-7-11(15)12(16)17/h11H,1,4-9H2,2-3H3,(H,16,17). The molecule has 1 N–H and O–H groups in total. The normalized spacial score (nSPS) is 20.1. The van der Waals surface area contributed by atoms with Gasteiger partial charge in [-0.15, -0.1) is 0 Å². The number of urea groups is 1. The first-order valence-corrected chi connectivity index (χ1v) is 6.32. The van der Waals surface area contributed by atoms with Crippen LogP contribution in [0.25, 0.3) is 0 Å². The molecule has 0 spiro atoms. The van der Waals surface area contributed by atoms with Crippen LogP contribution < -0.4 is 0 Å². The number of carbonyl (C=O) groups is 2. The minimum absolute atomic E-state index is 0.215. The van der Waals surface area contributed by atoms with Crippen LogP contribution in [0, 0.1) is 0 Å². The molecule has 102 valence electrons. The van der Waals surface area contributed by atoms with Crippen molar-refractivity contribution in [3.05, 3.63) is 12.2 Å². The zero-order valence-electron chi connectivity index (χ0n) is 11.2. The lowest BCUT2D eigenvalue weighted by atomic mass is 10.1. The molecule has 0 aliphatic carbocycles. The van der Waals surface area contributed by atoms with Gasteiger partial charge >= 0.3 is 12.0 Å². The van der Waals surface area contributed by atoms with Crippen molar-refractivity contribution in [2.45, 2.75) is 38.6 Å². The monoisotopic (exact) mass is 254 g/mol. The van der Waals surface area contributed by atoms with Gasteiger partial charge in [-0.2, -0.15) is 0 Å². The topological polar surface area (TPSA) is 60.9 Å².